The first-order valence-corrected chi connectivity index (χ1v) is 10.9. The molecule has 0 fully saturated rings. The standard InChI is InChI=1S/C26H31N3O3/c1-15-13-16(2)20(19(30)14-15)22-21-23(28-27-22)25(31)29(11-12-32-6)24(21)17-7-9-18(10-8-17)26(3,4)5/h7-10,13-14,24,30H,11-12H2,1-6H3,(H,27,28). The molecule has 6 nitrogen and oxygen atoms in total. The van der Waals surface area contributed by atoms with Crippen LogP contribution in [0.25, 0.3) is 11.3 Å². The molecule has 1 aromatic heterocycles. The number of nitrogens with zero attached hydrogens (tertiary/aromatic N) is 2. The van der Waals surface area contributed by atoms with Gasteiger partial charge in [-0.3, -0.25) is 9.89 Å². The van der Waals surface area contributed by atoms with E-state index in [1.807, 2.05) is 24.8 Å². The average Bonchev–Trinajstić information content (AvgIpc) is 3.24. The van der Waals surface area contributed by atoms with Crippen LogP contribution >= 0.6 is 0 Å². The van der Waals surface area contributed by atoms with Gasteiger partial charge in [0.1, 0.15) is 17.1 Å². The molecule has 4 rings (SSSR count). The highest BCUT2D eigenvalue weighted by Gasteiger charge is 2.42. The van der Waals surface area contributed by atoms with Crippen LogP contribution in [0.15, 0.2) is 36.4 Å². The number of aromatic hydroxyl groups is 1. The molecule has 1 unspecified atom stereocenters. The van der Waals surface area contributed by atoms with Crippen molar-refractivity contribution in [3.8, 4) is 17.0 Å². The third-order valence-electron chi connectivity index (χ3n) is 6.19. The van der Waals surface area contributed by atoms with Crippen LogP contribution in [0.4, 0.5) is 0 Å². The number of hydrogen-bond acceptors (Lipinski definition) is 4. The van der Waals surface area contributed by atoms with Crippen LogP contribution in [-0.2, 0) is 10.2 Å². The van der Waals surface area contributed by atoms with E-state index in [9.17, 15) is 9.90 Å². The Morgan fingerprint density at radius 1 is 1.16 bits per heavy atom. The smallest absolute Gasteiger partial charge is 0.273 e. The van der Waals surface area contributed by atoms with Gasteiger partial charge in [-0.25, -0.2) is 0 Å². The van der Waals surface area contributed by atoms with Crippen LogP contribution in [0, 0.1) is 13.8 Å². The van der Waals surface area contributed by atoms with Gasteiger partial charge in [0.05, 0.1) is 12.6 Å². The van der Waals surface area contributed by atoms with Crippen molar-refractivity contribution in [3.05, 3.63) is 69.9 Å². The van der Waals surface area contributed by atoms with E-state index in [0.717, 1.165) is 22.3 Å². The fourth-order valence-electron chi connectivity index (χ4n) is 4.57. The Morgan fingerprint density at radius 3 is 2.44 bits per heavy atom. The Kier molecular flexibility index (Phi) is 5.59. The second-order valence-corrected chi connectivity index (χ2v) is 9.60. The van der Waals surface area contributed by atoms with Crippen molar-refractivity contribution >= 4 is 5.91 Å². The van der Waals surface area contributed by atoms with Crippen molar-refractivity contribution < 1.29 is 14.6 Å². The molecule has 168 valence electrons. The number of carbonyl (C=O) groups excluding carboxylic acids is 1. The molecule has 0 aliphatic carbocycles. The second-order valence-electron chi connectivity index (χ2n) is 9.60. The maximum absolute atomic E-state index is 13.3. The molecular weight excluding hydrogens is 402 g/mol. The highest BCUT2D eigenvalue weighted by molar-refractivity contribution is 6.00. The maximum Gasteiger partial charge on any atom is 0.273 e. The van der Waals surface area contributed by atoms with Crippen LogP contribution in [-0.4, -0.2) is 46.4 Å². The third-order valence-corrected chi connectivity index (χ3v) is 6.19. The zero-order valence-electron chi connectivity index (χ0n) is 19.6. The first-order valence-electron chi connectivity index (χ1n) is 10.9. The topological polar surface area (TPSA) is 78.5 Å². The number of aryl methyl sites for hydroxylation is 2. The molecule has 2 heterocycles. The summed E-state index contributed by atoms with van der Waals surface area (Å²) in [7, 11) is 1.63. The van der Waals surface area contributed by atoms with E-state index in [0.29, 0.717) is 30.1 Å². The Morgan fingerprint density at radius 2 is 1.84 bits per heavy atom. The van der Waals surface area contributed by atoms with E-state index in [1.165, 1.54) is 5.56 Å². The van der Waals surface area contributed by atoms with E-state index < -0.39 is 0 Å². The summed E-state index contributed by atoms with van der Waals surface area (Å²) in [6, 6.07) is 11.9. The molecular formula is C26H31N3O3. The van der Waals surface area contributed by atoms with Crippen LogP contribution in [0.2, 0.25) is 0 Å². The van der Waals surface area contributed by atoms with Gasteiger partial charge in [0.2, 0.25) is 0 Å². The number of carbonyl (C=O) groups is 1. The Hall–Kier alpha value is -3.12. The molecule has 1 aliphatic rings. The third kappa shape index (κ3) is 3.69. The second kappa shape index (κ2) is 8.10. The molecule has 2 N–H and O–H groups in total. The van der Waals surface area contributed by atoms with Gasteiger partial charge in [0.25, 0.3) is 5.91 Å². The van der Waals surface area contributed by atoms with Gasteiger partial charge in [-0.2, -0.15) is 5.10 Å². The van der Waals surface area contributed by atoms with Crippen molar-refractivity contribution in [2.24, 2.45) is 0 Å². The van der Waals surface area contributed by atoms with Crippen LogP contribution in [0.1, 0.15) is 65.1 Å². The molecule has 32 heavy (non-hydrogen) atoms. The summed E-state index contributed by atoms with van der Waals surface area (Å²) in [5.41, 5.74) is 6.72. The zero-order valence-corrected chi connectivity index (χ0v) is 19.6. The van der Waals surface area contributed by atoms with E-state index >= 15 is 0 Å². The van der Waals surface area contributed by atoms with Crippen molar-refractivity contribution in [1.29, 1.82) is 0 Å². The number of rotatable bonds is 5. The maximum atomic E-state index is 13.3. The largest absolute Gasteiger partial charge is 0.507 e. The number of benzene rings is 2. The summed E-state index contributed by atoms with van der Waals surface area (Å²) in [5.74, 6) is 0.0615. The van der Waals surface area contributed by atoms with Crippen molar-refractivity contribution in [3.63, 3.8) is 0 Å². The number of amides is 1. The SMILES string of the molecule is COCCN1C(=O)c2[nH]nc(-c3c(C)cc(C)cc3O)c2C1c1ccc(C(C)(C)C)cc1. The highest BCUT2D eigenvalue weighted by Crippen LogP contribution is 2.45. The van der Waals surface area contributed by atoms with E-state index in [2.05, 4.69) is 55.2 Å². The number of phenolic OH excluding ortho intramolecular Hbond substituents is 1. The number of methoxy groups -OCH3 is 1. The van der Waals surface area contributed by atoms with Crippen LogP contribution in [0.3, 0.4) is 0 Å². The number of phenols is 1. The Bertz CT molecular complexity index is 1130. The lowest BCUT2D eigenvalue weighted by Crippen LogP contribution is -2.32. The van der Waals surface area contributed by atoms with Gasteiger partial charge in [-0.05, 0) is 47.6 Å². The molecule has 1 atom stereocenters. The molecule has 1 amide bonds. The highest BCUT2D eigenvalue weighted by atomic mass is 16.5. The average molecular weight is 434 g/mol. The number of H-pyrrole nitrogens is 1. The Balaban J connectivity index is 1.88. The summed E-state index contributed by atoms with van der Waals surface area (Å²) in [5, 5.41) is 18.2. The minimum absolute atomic E-state index is 0.0382. The predicted octanol–water partition coefficient (Wildman–Crippen LogP) is 4.89. The molecule has 1 aliphatic heterocycles. The van der Waals surface area contributed by atoms with E-state index in [4.69, 9.17) is 4.74 Å². The molecule has 0 bridgehead atoms. The number of nitrogens with one attached hydrogen (secondary N) is 1. The van der Waals surface area contributed by atoms with Gasteiger partial charge < -0.3 is 14.7 Å². The number of fused-ring (bicyclic) bond motifs is 1. The summed E-state index contributed by atoms with van der Waals surface area (Å²) < 4.78 is 5.28. The lowest BCUT2D eigenvalue weighted by molar-refractivity contribution is 0.0677. The normalized spacial score (nSPS) is 16.0. The molecule has 0 radical (unpaired) electrons. The molecule has 0 saturated carbocycles. The molecule has 6 heteroatoms. The van der Waals surface area contributed by atoms with E-state index in [-0.39, 0.29) is 23.1 Å². The van der Waals surface area contributed by atoms with Crippen molar-refractivity contribution in [2.45, 2.75) is 46.1 Å². The zero-order chi connectivity index (χ0) is 23.2. The van der Waals surface area contributed by atoms with Crippen molar-refractivity contribution in [2.75, 3.05) is 20.3 Å². The van der Waals surface area contributed by atoms with E-state index in [1.54, 1.807) is 13.2 Å². The van der Waals surface area contributed by atoms with Gasteiger partial charge >= 0.3 is 0 Å². The number of hydrogen-bond donors (Lipinski definition) is 2. The predicted molar refractivity (Wildman–Crippen MR) is 125 cm³/mol. The minimum Gasteiger partial charge on any atom is -0.507 e. The summed E-state index contributed by atoms with van der Waals surface area (Å²) in [6.45, 7) is 11.3. The molecule has 0 saturated heterocycles. The quantitative estimate of drug-likeness (QED) is 0.601. The minimum atomic E-state index is -0.310. The van der Waals surface area contributed by atoms with Gasteiger partial charge in [-0.1, -0.05) is 51.1 Å². The fraction of sp³-hybridized carbons (Fsp3) is 0.385. The molecule has 0 spiro atoms. The first kappa shape index (κ1) is 22.1. The lowest BCUT2D eigenvalue weighted by atomic mass is 9.85. The fourth-order valence-corrected chi connectivity index (χ4v) is 4.57. The van der Waals surface area contributed by atoms with Crippen LogP contribution in [0.5, 0.6) is 5.75 Å². The number of aromatic amines is 1. The van der Waals surface area contributed by atoms with Crippen LogP contribution < -0.4 is 0 Å². The summed E-state index contributed by atoms with van der Waals surface area (Å²) in [6.07, 6.45) is 0. The van der Waals surface area contributed by atoms with Gasteiger partial charge in [0, 0.05) is 24.8 Å². The van der Waals surface area contributed by atoms with Gasteiger partial charge in [0.15, 0.2) is 0 Å². The number of aromatic nitrogens is 2. The lowest BCUT2D eigenvalue weighted by Gasteiger charge is -2.27. The number of ether oxygens (including phenoxy) is 1. The first-order chi connectivity index (χ1) is 15.1. The molecule has 2 aromatic carbocycles. The summed E-state index contributed by atoms with van der Waals surface area (Å²) >= 11 is 0. The summed E-state index contributed by atoms with van der Waals surface area (Å²) in [4.78, 5) is 15.1. The monoisotopic (exact) mass is 433 g/mol. The van der Waals surface area contributed by atoms with Gasteiger partial charge in [-0.15, -0.1) is 0 Å². The Labute approximate surface area is 189 Å². The molecule has 3 aromatic rings. The van der Waals surface area contributed by atoms with Crippen molar-refractivity contribution in [1.82, 2.24) is 15.1 Å².